The van der Waals surface area contributed by atoms with Crippen molar-refractivity contribution in [2.75, 3.05) is 39.6 Å². The monoisotopic (exact) mass is 634 g/mol. The maximum Gasteiger partial charge on any atom is 0.247 e. The third kappa shape index (κ3) is 6.64. The molecule has 5 rings (SSSR count). The Labute approximate surface area is 268 Å². The van der Waals surface area contributed by atoms with E-state index in [0.29, 0.717) is 49.4 Å². The number of fused-ring (bicyclic) bond motifs is 1. The zero-order valence-corrected chi connectivity index (χ0v) is 26.5. The third-order valence-electron chi connectivity index (χ3n) is 8.99. The van der Waals surface area contributed by atoms with Crippen LogP contribution in [0.25, 0.3) is 0 Å². The molecule has 2 aliphatic heterocycles. The van der Waals surface area contributed by atoms with Crippen LogP contribution in [0.5, 0.6) is 11.5 Å². The van der Waals surface area contributed by atoms with E-state index in [1.807, 2.05) is 24.3 Å². The van der Waals surface area contributed by atoms with Gasteiger partial charge in [0.15, 0.2) is 11.5 Å². The number of amides is 2. The molecule has 1 aliphatic carbocycles. The van der Waals surface area contributed by atoms with E-state index >= 15 is 0 Å². The van der Waals surface area contributed by atoms with Gasteiger partial charge in [0, 0.05) is 31.1 Å². The SMILES string of the molecule is COc1ccc(C2=NN(C3CCN(C(=O)[C@H](C)NCC(O)c4cc(Cl)c(N)c(C#N)c4)CC3)C(=O)[C@@H]3CC=CC[C@H]23)cc1OC. The van der Waals surface area contributed by atoms with E-state index in [4.69, 9.17) is 31.9 Å². The number of halogens is 1. The standard InChI is InChI=1S/C33H39ClN6O5/c1-19(37-18-27(41)21-14-22(17-35)30(36)26(34)15-21)32(42)39-12-10-23(11-13-39)40-33(43)25-7-5-4-6-24(25)31(38-40)20-8-9-28(44-2)29(16-20)45-3/h4-5,8-9,14-16,19,23-25,27,37,41H,6-7,10-13,18,36H2,1-3H3/t19-,24-,25+,27?/m0/s1. The molecule has 4 N–H and O–H groups in total. The van der Waals surface area contributed by atoms with E-state index in [1.165, 1.54) is 12.1 Å². The topological polar surface area (TPSA) is 154 Å². The number of methoxy groups -OCH3 is 2. The van der Waals surface area contributed by atoms with E-state index in [9.17, 15) is 20.0 Å². The molecule has 1 unspecified atom stereocenters. The van der Waals surface area contributed by atoms with Crippen molar-refractivity contribution in [1.82, 2.24) is 15.2 Å². The molecule has 45 heavy (non-hydrogen) atoms. The van der Waals surface area contributed by atoms with Crippen LogP contribution in [-0.2, 0) is 9.59 Å². The Hall–Kier alpha value is -4.11. The van der Waals surface area contributed by atoms with Crippen molar-refractivity contribution < 1.29 is 24.2 Å². The lowest BCUT2D eigenvalue weighted by Gasteiger charge is -2.43. The first kappa shape index (κ1) is 32.3. The second-order valence-electron chi connectivity index (χ2n) is 11.7. The first-order valence-electron chi connectivity index (χ1n) is 15.1. The van der Waals surface area contributed by atoms with Gasteiger partial charge in [-0.05, 0) is 68.5 Å². The van der Waals surface area contributed by atoms with Crippen LogP contribution in [0.15, 0.2) is 47.6 Å². The fraction of sp³-hybridized carbons (Fsp3) is 0.455. The van der Waals surface area contributed by atoms with Crippen LogP contribution >= 0.6 is 11.6 Å². The van der Waals surface area contributed by atoms with Gasteiger partial charge in [-0.1, -0.05) is 23.8 Å². The summed E-state index contributed by atoms with van der Waals surface area (Å²) < 4.78 is 11.0. The minimum absolute atomic E-state index is 0.0171. The number of nitrogens with one attached hydrogen (secondary N) is 1. The number of nitrogens with two attached hydrogens (primary N) is 1. The fourth-order valence-corrected chi connectivity index (χ4v) is 6.58. The number of benzene rings is 2. The number of aliphatic hydroxyl groups excluding tert-OH is 1. The predicted molar refractivity (Wildman–Crippen MR) is 171 cm³/mol. The molecule has 0 saturated carbocycles. The Bertz CT molecular complexity index is 1550. The molecular formula is C33H39ClN6O5. The van der Waals surface area contributed by atoms with Gasteiger partial charge in [0.25, 0.3) is 0 Å². The molecule has 0 radical (unpaired) electrons. The van der Waals surface area contributed by atoms with E-state index in [1.54, 1.807) is 31.1 Å². The molecule has 2 heterocycles. The van der Waals surface area contributed by atoms with Crippen molar-refractivity contribution >= 4 is 34.8 Å². The van der Waals surface area contributed by atoms with Crippen LogP contribution in [0.2, 0.25) is 5.02 Å². The lowest BCUT2D eigenvalue weighted by atomic mass is 9.76. The van der Waals surface area contributed by atoms with Crippen LogP contribution in [0, 0.1) is 23.2 Å². The molecule has 4 atom stereocenters. The van der Waals surface area contributed by atoms with Gasteiger partial charge in [-0.2, -0.15) is 10.4 Å². The van der Waals surface area contributed by atoms with Crippen LogP contribution in [0.4, 0.5) is 5.69 Å². The molecule has 11 nitrogen and oxygen atoms in total. The highest BCUT2D eigenvalue weighted by molar-refractivity contribution is 6.33. The van der Waals surface area contributed by atoms with Crippen molar-refractivity contribution in [2.24, 2.45) is 16.9 Å². The van der Waals surface area contributed by atoms with Gasteiger partial charge < -0.3 is 30.5 Å². The third-order valence-corrected chi connectivity index (χ3v) is 9.30. The van der Waals surface area contributed by atoms with E-state index in [0.717, 1.165) is 17.7 Å². The van der Waals surface area contributed by atoms with Crippen molar-refractivity contribution in [3.8, 4) is 17.6 Å². The van der Waals surface area contributed by atoms with Crippen molar-refractivity contribution in [2.45, 2.75) is 50.8 Å². The number of hydrogen-bond donors (Lipinski definition) is 3. The number of likely N-dealkylation sites (tertiary alicyclic amines) is 1. The number of nitrogen functional groups attached to an aromatic ring is 1. The number of carbonyl (C=O) groups is 2. The number of nitriles is 1. The quantitative estimate of drug-likeness (QED) is 0.279. The highest BCUT2D eigenvalue weighted by Crippen LogP contribution is 2.38. The Balaban J connectivity index is 1.24. The fourth-order valence-electron chi connectivity index (χ4n) is 6.35. The Morgan fingerprint density at radius 3 is 2.51 bits per heavy atom. The molecular weight excluding hydrogens is 596 g/mol. The van der Waals surface area contributed by atoms with Crippen LogP contribution < -0.4 is 20.5 Å². The maximum absolute atomic E-state index is 13.7. The molecule has 1 saturated heterocycles. The number of piperidine rings is 1. The highest BCUT2D eigenvalue weighted by Gasteiger charge is 2.43. The summed E-state index contributed by atoms with van der Waals surface area (Å²) >= 11 is 6.12. The summed E-state index contributed by atoms with van der Waals surface area (Å²) in [6.07, 6.45) is 5.82. The second-order valence-corrected chi connectivity index (χ2v) is 12.1. The molecule has 1 fully saturated rings. The smallest absolute Gasteiger partial charge is 0.247 e. The summed E-state index contributed by atoms with van der Waals surface area (Å²) in [5.41, 5.74) is 8.37. The maximum atomic E-state index is 13.7. The molecule has 3 aliphatic rings. The molecule has 2 amide bonds. The number of anilines is 1. The van der Waals surface area contributed by atoms with Crippen molar-refractivity contribution in [3.63, 3.8) is 0 Å². The lowest BCUT2D eigenvalue weighted by molar-refractivity contribution is -0.142. The summed E-state index contributed by atoms with van der Waals surface area (Å²) in [6.45, 7) is 2.80. The van der Waals surface area contributed by atoms with E-state index in [2.05, 4.69) is 17.5 Å². The number of rotatable bonds is 9. The van der Waals surface area contributed by atoms with Crippen LogP contribution in [-0.4, -0.2) is 78.5 Å². The van der Waals surface area contributed by atoms with Gasteiger partial charge in [0.1, 0.15) is 6.07 Å². The van der Waals surface area contributed by atoms with Gasteiger partial charge >= 0.3 is 0 Å². The van der Waals surface area contributed by atoms with Gasteiger partial charge in [0.05, 0.1) is 60.3 Å². The number of nitrogens with zero attached hydrogens (tertiary/aromatic N) is 4. The Morgan fingerprint density at radius 2 is 1.84 bits per heavy atom. The summed E-state index contributed by atoms with van der Waals surface area (Å²) in [7, 11) is 3.19. The molecule has 12 heteroatoms. The van der Waals surface area contributed by atoms with E-state index < -0.39 is 12.1 Å². The average molecular weight is 635 g/mol. The lowest BCUT2D eigenvalue weighted by Crippen LogP contribution is -2.54. The van der Waals surface area contributed by atoms with Crippen molar-refractivity contribution in [3.05, 3.63) is 64.2 Å². The minimum Gasteiger partial charge on any atom is -0.493 e. The number of aliphatic hydroxyl groups is 1. The summed E-state index contributed by atoms with van der Waals surface area (Å²) in [5, 5.41) is 29.9. The molecule has 2 aromatic carbocycles. The van der Waals surface area contributed by atoms with Gasteiger partial charge in [-0.25, -0.2) is 5.01 Å². The Kier molecular flexibility index (Phi) is 9.97. The zero-order valence-electron chi connectivity index (χ0n) is 25.7. The van der Waals surface area contributed by atoms with Gasteiger partial charge in [-0.3, -0.25) is 9.59 Å². The summed E-state index contributed by atoms with van der Waals surface area (Å²) in [6, 6.07) is 10.0. The molecule has 238 valence electrons. The van der Waals surface area contributed by atoms with Gasteiger partial charge in [-0.15, -0.1) is 0 Å². The summed E-state index contributed by atoms with van der Waals surface area (Å²) in [5.74, 6) is 0.969. The second kappa shape index (κ2) is 13.9. The van der Waals surface area contributed by atoms with Crippen LogP contribution in [0.1, 0.15) is 55.4 Å². The Morgan fingerprint density at radius 1 is 1.16 bits per heavy atom. The number of hydrazone groups is 1. The number of ether oxygens (including phenoxy) is 2. The highest BCUT2D eigenvalue weighted by atomic mass is 35.5. The molecule has 0 spiro atoms. The summed E-state index contributed by atoms with van der Waals surface area (Å²) in [4.78, 5) is 28.8. The van der Waals surface area contributed by atoms with Crippen LogP contribution in [0.3, 0.4) is 0 Å². The minimum atomic E-state index is -0.988. The van der Waals surface area contributed by atoms with Crippen molar-refractivity contribution in [1.29, 1.82) is 5.26 Å². The van der Waals surface area contributed by atoms with E-state index in [-0.39, 0.29) is 52.5 Å². The normalized spacial score (nSPS) is 21.4. The predicted octanol–water partition coefficient (Wildman–Crippen LogP) is 3.64. The number of carbonyl (C=O) groups excluding carboxylic acids is 2. The number of hydrogen-bond acceptors (Lipinski definition) is 9. The first-order valence-corrected chi connectivity index (χ1v) is 15.5. The largest absolute Gasteiger partial charge is 0.493 e. The molecule has 2 aromatic rings. The average Bonchev–Trinajstić information content (AvgIpc) is 3.07. The van der Waals surface area contributed by atoms with Gasteiger partial charge in [0.2, 0.25) is 11.8 Å². The molecule has 0 bridgehead atoms. The molecule has 0 aromatic heterocycles. The first-order chi connectivity index (χ1) is 21.7. The number of allylic oxidation sites excluding steroid dienone is 2. The zero-order chi connectivity index (χ0) is 32.2.